The molecule has 2 heterocycles. The number of ether oxygens (including phenoxy) is 1. The van der Waals surface area contributed by atoms with Gasteiger partial charge < -0.3 is 14.5 Å². The fourth-order valence-corrected chi connectivity index (χ4v) is 4.01. The van der Waals surface area contributed by atoms with Crippen molar-refractivity contribution >= 4 is 16.5 Å². The molecule has 2 aromatic rings. The van der Waals surface area contributed by atoms with Crippen LogP contribution in [0.3, 0.4) is 0 Å². The highest BCUT2D eigenvalue weighted by Gasteiger charge is 2.16. The fourth-order valence-electron chi connectivity index (χ4n) is 3.15. The van der Waals surface area contributed by atoms with Gasteiger partial charge in [-0.2, -0.15) is 0 Å². The molecule has 0 atom stereocenters. The second-order valence-electron chi connectivity index (χ2n) is 6.90. The zero-order chi connectivity index (χ0) is 17.6. The minimum absolute atomic E-state index is 0.786. The SMILES string of the molecule is Cc1csc(N2CCCN(CCCOc3ccc(C)c(C)c3)CC2)n1. The number of aromatic nitrogens is 1. The van der Waals surface area contributed by atoms with Crippen LogP contribution in [0, 0.1) is 20.8 Å². The number of anilines is 1. The maximum atomic E-state index is 5.91. The minimum Gasteiger partial charge on any atom is -0.494 e. The molecule has 0 radical (unpaired) electrons. The van der Waals surface area contributed by atoms with Crippen LogP contribution >= 0.6 is 11.3 Å². The average molecular weight is 360 g/mol. The third-order valence-corrected chi connectivity index (χ3v) is 5.85. The van der Waals surface area contributed by atoms with Crippen molar-refractivity contribution in [2.75, 3.05) is 44.2 Å². The van der Waals surface area contributed by atoms with E-state index in [9.17, 15) is 0 Å². The molecule has 1 aromatic heterocycles. The summed E-state index contributed by atoms with van der Waals surface area (Å²) in [6, 6.07) is 6.34. The van der Waals surface area contributed by atoms with E-state index in [0.29, 0.717) is 0 Å². The Morgan fingerprint density at radius 1 is 1.08 bits per heavy atom. The first-order valence-electron chi connectivity index (χ1n) is 9.21. The van der Waals surface area contributed by atoms with E-state index in [-0.39, 0.29) is 0 Å². The number of nitrogens with zero attached hydrogens (tertiary/aromatic N) is 3. The Labute approximate surface area is 155 Å². The summed E-state index contributed by atoms with van der Waals surface area (Å²) in [6.45, 7) is 12.7. The molecule has 0 amide bonds. The van der Waals surface area contributed by atoms with Gasteiger partial charge >= 0.3 is 0 Å². The van der Waals surface area contributed by atoms with E-state index in [0.717, 1.165) is 50.7 Å². The van der Waals surface area contributed by atoms with Crippen LogP contribution in [0.1, 0.15) is 29.7 Å². The molecule has 25 heavy (non-hydrogen) atoms. The molecule has 1 aromatic carbocycles. The van der Waals surface area contributed by atoms with Gasteiger partial charge in [-0.05, 0) is 63.4 Å². The van der Waals surface area contributed by atoms with Gasteiger partial charge in [-0.15, -0.1) is 11.3 Å². The summed E-state index contributed by atoms with van der Waals surface area (Å²) in [5.41, 5.74) is 3.74. The first-order chi connectivity index (χ1) is 12.1. The van der Waals surface area contributed by atoms with E-state index in [1.807, 2.05) is 0 Å². The minimum atomic E-state index is 0.786. The van der Waals surface area contributed by atoms with Gasteiger partial charge in [0.15, 0.2) is 5.13 Å². The molecule has 1 saturated heterocycles. The Morgan fingerprint density at radius 3 is 2.72 bits per heavy atom. The predicted molar refractivity (Wildman–Crippen MR) is 106 cm³/mol. The van der Waals surface area contributed by atoms with Crippen LogP contribution in [0.2, 0.25) is 0 Å². The van der Waals surface area contributed by atoms with Crippen LogP contribution in [-0.2, 0) is 0 Å². The normalized spacial score (nSPS) is 16.0. The molecule has 1 aliphatic heterocycles. The third-order valence-electron chi connectivity index (χ3n) is 4.83. The van der Waals surface area contributed by atoms with Crippen molar-refractivity contribution in [3.8, 4) is 5.75 Å². The van der Waals surface area contributed by atoms with Crippen molar-refractivity contribution in [1.82, 2.24) is 9.88 Å². The van der Waals surface area contributed by atoms with Gasteiger partial charge in [-0.25, -0.2) is 4.98 Å². The highest BCUT2D eigenvalue weighted by Crippen LogP contribution is 2.21. The van der Waals surface area contributed by atoms with Gasteiger partial charge in [0.25, 0.3) is 0 Å². The Hall–Kier alpha value is -1.59. The molecule has 1 aliphatic rings. The average Bonchev–Trinajstić information content (AvgIpc) is 2.89. The highest BCUT2D eigenvalue weighted by atomic mass is 32.1. The molecular formula is C20H29N3OS. The number of benzene rings is 1. The van der Waals surface area contributed by atoms with Gasteiger partial charge in [0.05, 0.1) is 12.3 Å². The Balaban J connectivity index is 1.39. The lowest BCUT2D eigenvalue weighted by Crippen LogP contribution is -2.31. The van der Waals surface area contributed by atoms with Crippen LogP contribution in [0.15, 0.2) is 23.6 Å². The first-order valence-corrected chi connectivity index (χ1v) is 10.1. The van der Waals surface area contributed by atoms with Crippen LogP contribution < -0.4 is 9.64 Å². The molecule has 0 bridgehead atoms. The summed E-state index contributed by atoms with van der Waals surface area (Å²) < 4.78 is 5.91. The van der Waals surface area contributed by atoms with Gasteiger partial charge in [-0.3, -0.25) is 0 Å². The molecule has 136 valence electrons. The summed E-state index contributed by atoms with van der Waals surface area (Å²) in [5, 5.41) is 3.32. The van der Waals surface area contributed by atoms with Crippen molar-refractivity contribution in [2.45, 2.75) is 33.6 Å². The smallest absolute Gasteiger partial charge is 0.185 e. The van der Waals surface area contributed by atoms with Crippen molar-refractivity contribution in [1.29, 1.82) is 0 Å². The van der Waals surface area contributed by atoms with E-state index in [4.69, 9.17) is 4.74 Å². The zero-order valence-corrected chi connectivity index (χ0v) is 16.4. The second-order valence-corrected chi connectivity index (χ2v) is 7.74. The maximum Gasteiger partial charge on any atom is 0.185 e. The molecule has 0 N–H and O–H groups in total. The van der Waals surface area contributed by atoms with Crippen LogP contribution in [0.25, 0.3) is 0 Å². The van der Waals surface area contributed by atoms with Crippen molar-refractivity contribution < 1.29 is 4.74 Å². The largest absolute Gasteiger partial charge is 0.494 e. The van der Waals surface area contributed by atoms with E-state index in [1.165, 1.54) is 29.2 Å². The van der Waals surface area contributed by atoms with Crippen LogP contribution in [0.5, 0.6) is 5.75 Å². The number of hydrogen-bond acceptors (Lipinski definition) is 5. The summed E-state index contributed by atoms with van der Waals surface area (Å²) >= 11 is 1.76. The van der Waals surface area contributed by atoms with Gasteiger partial charge in [-0.1, -0.05) is 6.07 Å². The summed E-state index contributed by atoms with van der Waals surface area (Å²) in [7, 11) is 0. The second kappa shape index (κ2) is 8.68. The van der Waals surface area contributed by atoms with Crippen molar-refractivity contribution in [3.05, 3.63) is 40.4 Å². The van der Waals surface area contributed by atoms with Gasteiger partial charge in [0, 0.05) is 31.6 Å². The van der Waals surface area contributed by atoms with E-state index >= 15 is 0 Å². The molecule has 0 aliphatic carbocycles. The van der Waals surface area contributed by atoms with Gasteiger partial charge in [0.1, 0.15) is 5.75 Å². The molecular weight excluding hydrogens is 330 g/mol. The highest BCUT2D eigenvalue weighted by molar-refractivity contribution is 7.13. The quantitative estimate of drug-likeness (QED) is 0.728. The molecule has 5 heteroatoms. The standard InChI is InChI=1S/C20H29N3OS/c1-16-6-7-19(14-17(16)2)24-13-5-9-22-8-4-10-23(12-11-22)20-21-18(3)15-25-20/h6-7,14-15H,4-5,8-13H2,1-3H3. The lowest BCUT2D eigenvalue weighted by atomic mass is 10.1. The third kappa shape index (κ3) is 5.19. The van der Waals surface area contributed by atoms with E-state index in [1.54, 1.807) is 11.3 Å². The number of rotatable bonds is 6. The maximum absolute atomic E-state index is 5.91. The monoisotopic (exact) mass is 359 g/mol. The summed E-state index contributed by atoms with van der Waals surface area (Å²) in [6.07, 6.45) is 2.28. The number of thiazole rings is 1. The van der Waals surface area contributed by atoms with Gasteiger partial charge in [0.2, 0.25) is 0 Å². The van der Waals surface area contributed by atoms with Crippen LogP contribution in [-0.4, -0.2) is 49.2 Å². The Morgan fingerprint density at radius 2 is 1.96 bits per heavy atom. The summed E-state index contributed by atoms with van der Waals surface area (Å²) in [5.74, 6) is 0.990. The fraction of sp³-hybridized carbons (Fsp3) is 0.550. The van der Waals surface area contributed by atoms with Crippen molar-refractivity contribution in [2.24, 2.45) is 0 Å². The molecule has 3 rings (SSSR count). The predicted octanol–water partition coefficient (Wildman–Crippen LogP) is 4.05. The van der Waals surface area contributed by atoms with Crippen LogP contribution in [0.4, 0.5) is 5.13 Å². The van der Waals surface area contributed by atoms with E-state index in [2.05, 4.69) is 59.1 Å². The lowest BCUT2D eigenvalue weighted by molar-refractivity contribution is 0.244. The van der Waals surface area contributed by atoms with Crippen molar-refractivity contribution in [3.63, 3.8) is 0 Å². The molecule has 0 saturated carbocycles. The Kier molecular flexibility index (Phi) is 6.32. The lowest BCUT2D eigenvalue weighted by Gasteiger charge is -2.21. The zero-order valence-electron chi connectivity index (χ0n) is 15.6. The summed E-state index contributed by atoms with van der Waals surface area (Å²) in [4.78, 5) is 9.62. The Bertz CT molecular complexity index is 685. The topological polar surface area (TPSA) is 28.6 Å². The number of hydrogen-bond donors (Lipinski definition) is 0. The number of aryl methyl sites for hydroxylation is 3. The van der Waals surface area contributed by atoms with E-state index < -0.39 is 0 Å². The molecule has 0 spiro atoms. The molecule has 0 unspecified atom stereocenters. The molecule has 4 nitrogen and oxygen atoms in total. The first kappa shape index (κ1) is 18.2. The molecule has 1 fully saturated rings.